The first kappa shape index (κ1) is 14.8. The zero-order valence-corrected chi connectivity index (χ0v) is 11.9. The average molecular weight is 287 g/mol. The Hall–Kier alpha value is -2.63. The summed E-state index contributed by atoms with van der Waals surface area (Å²) in [6.07, 6.45) is 4.04. The lowest BCUT2D eigenvalue weighted by Gasteiger charge is -2.11. The van der Waals surface area contributed by atoms with Crippen LogP contribution in [0.15, 0.2) is 45.9 Å². The summed E-state index contributed by atoms with van der Waals surface area (Å²) in [7, 11) is 0. The summed E-state index contributed by atoms with van der Waals surface area (Å²) in [6.45, 7) is 3.84. The molecule has 2 heterocycles. The fraction of sp³-hybridized carbons (Fsp3) is 0.267. The quantitative estimate of drug-likeness (QED) is 0.905. The van der Waals surface area contributed by atoms with Gasteiger partial charge in [-0.15, -0.1) is 0 Å². The number of aromatic nitrogens is 1. The van der Waals surface area contributed by atoms with E-state index in [1.54, 1.807) is 30.6 Å². The van der Waals surface area contributed by atoms with E-state index in [0.717, 1.165) is 6.42 Å². The first-order valence-electron chi connectivity index (χ1n) is 6.72. The predicted octanol–water partition coefficient (Wildman–Crippen LogP) is 2.62. The van der Waals surface area contributed by atoms with Crippen molar-refractivity contribution in [3.63, 3.8) is 0 Å². The lowest BCUT2D eigenvalue weighted by Crippen LogP contribution is -2.36. The van der Waals surface area contributed by atoms with Crippen molar-refractivity contribution >= 4 is 11.7 Å². The van der Waals surface area contributed by atoms with Crippen LogP contribution in [0.2, 0.25) is 0 Å². The molecule has 0 spiro atoms. The van der Waals surface area contributed by atoms with Gasteiger partial charge in [-0.25, -0.2) is 9.59 Å². The van der Waals surface area contributed by atoms with E-state index >= 15 is 0 Å². The van der Waals surface area contributed by atoms with Gasteiger partial charge in [0.15, 0.2) is 0 Å². The van der Waals surface area contributed by atoms with Crippen LogP contribution in [0.4, 0.5) is 10.5 Å². The molecule has 0 aliphatic rings. The lowest BCUT2D eigenvalue weighted by molar-refractivity contribution is 0.249. The zero-order chi connectivity index (χ0) is 15.2. The molecule has 2 aromatic heterocycles. The largest absolute Gasteiger partial charge is 0.421 e. The Morgan fingerprint density at radius 1 is 1.38 bits per heavy atom. The van der Waals surface area contributed by atoms with Gasteiger partial charge in [0, 0.05) is 24.0 Å². The minimum absolute atomic E-state index is 0.0340. The summed E-state index contributed by atoms with van der Waals surface area (Å²) in [4.78, 5) is 27.5. The first-order chi connectivity index (χ1) is 10.1. The monoisotopic (exact) mass is 287 g/mol. The average Bonchev–Trinajstić information content (AvgIpc) is 2.50. The van der Waals surface area contributed by atoms with Gasteiger partial charge in [-0.3, -0.25) is 4.98 Å². The number of carbonyl (C=O) groups excluding carboxylic acids is 1. The van der Waals surface area contributed by atoms with Crippen molar-refractivity contribution in [1.82, 2.24) is 10.3 Å². The molecule has 6 heteroatoms. The molecule has 2 amide bonds. The standard InChI is InChI=1S/C15H17N3O3/c1-3-10(2)17-15(20)18-12-6-7-13(21-14(12)19)11-5-4-8-16-9-11/h4-10H,3H2,1-2H3,(H2,17,18,20). The number of nitrogens with one attached hydrogen (secondary N) is 2. The van der Waals surface area contributed by atoms with E-state index in [0.29, 0.717) is 11.3 Å². The molecule has 2 N–H and O–H groups in total. The van der Waals surface area contributed by atoms with Crippen molar-refractivity contribution in [3.05, 3.63) is 47.1 Å². The molecule has 21 heavy (non-hydrogen) atoms. The van der Waals surface area contributed by atoms with Crippen LogP contribution in [0.25, 0.3) is 11.3 Å². The number of anilines is 1. The molecule has 1 atom stereocenters. The van der Waals surface area contributed by atoms with Crippen molar-refractivity contribution in [3.8, 4) is 11.3 Å². The highest BCUT2D eigenvalue weighted by molar-refractivity contribution is 5.89. The van der Waals surface area contributed by atoms with Crippen LogP contribution in [0.3, 0.4) is 0 Å². The molecular formula is C15H17N3O3. The number of rotatable bonds is 4. The van der Waals surface area contributed by atoms with Crippen molar-refractivity contribution in [1.29, 1.82) is 0 Å². The van der Waals surface area contributed by atoms with Gasteiger partial charge in [0.05, 0.1) is 0 Å². The van der Waals surface area contributed by atoms with Crippen LogP contribution >= 0.6 is 0 Å². The van der Waals surface area contributed by atoms with Gasteiger partial charge < -0.3 is 15.1 Å². The Morgan fingerprint density at radius 3 is 2.81 bits per heavy atom. The summed E-state index contributed by atoms with van der Waals surface area (Å²) in [6, 6.07) is 6.29. The highest BCUT2D eigenvalue weighted by Gasteiger charge is 2.10. The Labute approximate surface area is 122 Å². The van der Waals surface area contributed by atoms with Gasteiger partial charge in [-0.1, -0.05) is 6.92 Å². The van der Waals surface area contributed by atoms with Crippen molar-refractivity contribution in [2.75, 3.05) is 5.32 Å². The van der Waals surface area contributed by atoms with Crippen LogP contribution in [0.5, 0.6) is 0 Å². The Morgan fingerprint density at radius 2 is 2.19 bits per heavy atom. The number of amides is 2. The number of hydrogen-bond acceptors (Lipinski definition) is 4. The number of pyridine rings is 1. The predicted molar refractivity (Wildman–Crippen MR) is 80.1 cm³/mol. The van der Waals surface area contributed by atoms with Gasteiger partial charge in [0.1, 0.15) is 11.4 Å². The smallest absolute Gasteiger partial charge is 0.360 e. The van der Waals surface area contributed by atoms with Gasteiger partial charge in [0.2, 0.25) is 0 Å². The van der Waals surface area contributed by atoms with Gasteiger partial charge in [-0.2, -0.15) is 0 Å². The zero-order valence-electron chi connectivity index (χ0n) is 11.9. The molecule has 6 nitrogen and oxygen atoms in total. The molecule has 0 aliphatic heterocycles. The van der Waals surface area contributed by atoms with Crippen LogP contribution in [0.1, 0.15) is 20.3 Å². The van der Waals surface area contributed by atoms with E-state index in [-0.39, 0.29) is 11.7 Å². The number of hydrogen-bond donors (Lipinski definition) is 2. The molecule has 0 aliphatic carbocycles. The summed E-state index contributed by atoms with van der Waals surface area (Å²) in [5.41, 5.74) is 0.198. The van der Waals surface area contributed by atoms with E-state index in [4.69, 9.17) is 4.42 Å². The van der Waals surface area contributed by atoms with E-state index < -0.39 is 11.7 Å². The topological polar surface area (TPSA) is 84.2 Å². The third-order valence-corrected chi connectivity index (χ3v) is 3.01. The molecule has 2 aromatic rings. The molecule has 0 saturated heterocycles. The Bertz CT molecular complexity index is 667. The van der Waals surface area contributed by atoms with Crippen LogP contribution in [0, 0.1) is 0 Å². The third-order valence-electron chi connectivity index (χ3n) is 3.01. The van der Waals surface area contributed by atoms with E-state index in [1.165, 1.54) is 6.07 Å². The molecule has 0 radical (unpaired) electrons. The van der Waals surface area contributed by atoms with Gasteiger partial charge in [-0.05, 0) is 37.6 Å². The maximum absolute atomic E-state index is 11.9. The second-order valence-electron chi connectivity index (χ2n) is 4.65. The second kappa shape index (κ2) is 6.69. The minimum Gasteiger partial charge on any atom is -0.421 e. The number of urea groups is 1. The molecule has 1 unspecified atom stereocenters. The fourth-order valence-electron chi connectivity index (χ4n) is 1.66. The molecule has 0 bridgehead atoms. The number of carbonyl (C=O) groups is 1. The summed E-state index contributed by atoms with van der Waals surface area (Å²) >= 11 is 0. The Kier molecular flexibility index (Phi) is 4.71. The SMILES string of the molecule is CCC(C)NC(=O)Nc1ccc(-c2cccnc2)oc1=O. The van der Waals surface area contributed by atoms with Crippen LogP contribution in [-0.2, 0) is 0 Å². The summed E-state index contributed by atoms with van der Waals surface area (Å²) in [5, 5.41) is 5.19. The van der Waals surface area contributed by atoms with Gasteiger partial charge in [0.25, 0.3) is 0 Å². The molecular weight excluding hydrogens is 270 g/mol. The van der Waals surface area contributed by atoms with E-state index in [2.05, 4.69) is 15.6 Å². The summed E-state index contributed by atoms with van der Waals surface area (Å²) in [5.74, 6) is 0.404. The van der Waals surface area contributed by atoms with Gasteiger partial charge >= 0.3 is 11.7 Å². The molecule has 0 fully saturated rings. The van der Waals surface area contributed by atoms with Crippen molar-refractivity contribution in [2.24, 2.45) is 0 Å². The first-order valence-corrected chi connectivity index (χ1v) is 6.72. The maximum atomic E-state index is 11.9. The number of nitrogens with zero attached hydrogens (tertiary/aromatic N) is 1. The van der Waals surface area contributed by atoms with Crippen LogP contribution in [-0.4, -0.2) is 17.1 Å². The van der Waals surface area contributed by atoms with E-state index in [1.807, 2.05) is 13.8 Å². The second-order valence-corrected chi connectivity index (χ2v) is 4.65. The molecule has 0 aromatic carbocycles. The lowest BCUT2D eigenvalue weighted by atomic mass is 10.2. The van der Waals surface area contributed by atoms with Crippen molar-refractivity contribution < 1.29 is 9.21 Å². The highest BCUT2D eigenvalue weighted by Crippen LogP contribution is 2.17. The molecule has 0 saturated carbocycles. The maximum Gasteiger partial charge on any atom is 0.360 e. The Balaban J connectivity index is 2.13. The van der Waals surface area contributed by atoms with E-state index in [9.17, 15) is 9.59 Å². The summed E-state index contributed by atoms with van der Waals surface area (Å²) < 4.78 is 5.19. The normalized spacial score (nSPS) is 11.7. The van der Waals surface area contributed by atoms with Crippen LogP contribution < -0.4 is 16.3 Å². The van der Waals surface area contributed by atoms with Crippen molar-refractivity contribution in [2.45, 2.75) is 26.3 Å². The highest BCUT2D eigenvalue weighted by atomic mass is 16.4. The molecule has 2 rings (SSSR count). The molecule has 110 valence electrons. The third kappa shape index (κ3) is 3.92. The fourth-order valence-corrected chi connectivity index (χ4v) is 1.66. The minimum atomic E-state index is -0.601.